The molecule has 0 fully saturated rings. The molecule has 1 aliphatic rings. The lowest BCUT2D eigenvalue weighted by Crippen LogP contribution is -2.24. The molecule has 90 valence electrons. The molecule has 0 atom stereocenters. The summed E-state index contributed by atoms with van der Waals surface area (Å²) in [4.78, 5) is 11.3. The highest BCUT2D eigenvalue weighted by atomic mass is 16.5. The summed E-state index contributed by atoms with van der Waals surface area (Å²) in [6, 6.07) is 13.8. The average molecular weight is 239 g/mol. The van der Waals surface area contributed by atoms with E-state index in [0.29, 0.717) is 5.69 Å². The van der Waals surface area contributed by atoms with Crippen molar-refractivity contribution in [2.24, 2.45) is 0 Å². The van der Waals surface area contributed by atoms with Gasteiger partial charge in [-0.3, -0.25) is 10.0 Å². The van der Waals surface area contributed by atoms with Crippen LogP contribution in [0.1, 0.15) is 18.1 Å². The second-order valence-electron chi connectivity index (χ2n) is 4.48. The maximum Gasteiger partial charge on any atom is 0.247 e. The summed E-state index contributed by atoms with van der Waals surface area (Å²) in [6.07, 6.45) is 0.852. The van der Waals surface area contributed by atoms with Crippen molar-refractivity contribution in [2.45, 2.75) is 13.3 Å². The van der Waals surface area contributed by atoms with Gasteiger partial charge in [0.15, 0.2) is 0 Å². The fourth-order valence-corrected chi connectivity index (χ4v) is 2.51. The fraction of sp³-hybridized carbons (Fsp3) is 0.133. The molecule has 3 nitrogen and oxygen atoms in total. The first-order valence-electron chi connectivity index (χ1n) is 5.88. The van der Waals surface area contributed by atoms with Gasteiger partial charge in [-0.1, -0.05) is 36.4 Å². The molecular formula is C15H13NO2. The van der Waals surface area contributed by atoms with Crippen molar-refractivity contribution in [2.75, 3.05) is 5.06 Å². The van der Waals surface area contributed by atoms with Gasteiger partial charge < -0.3 is 0 Å². The minimum absolute atomic E-state index is 0.382. The van der Waals surface area contributed by atoms with Crippen LogP contribution in [0.3, 0.4) is 0 Å². The van der Waals surface area contributed by atoms with Crippen molar-refractivity contribution in [3.8, 4) is 11.1 Å². The lowest BCUT2D eigenvalue weighted by molar-refractivity contribution is -0.121. The third-order valence-corrected chi connectivity index (χ3v) is 3.32. The van der Waals surface area contributed by atoms with Gasteiger partial charge >= 0.3 is 0 Å². The zero-order valence-electron chi connectivity index (χ0n) is 10.1. The van der Waals surface area contributed by atoms with E-state index in [9.17, 15) is 10.0 Å². The first kappa shape index (κ1) is 11.0. The van der Waals surface area contributed by atoms with Crippen LogP contribution >= 0.6 is 0 Å². The van der Waals surface area contributed by atoms with E-state index in [-0.39, 0.29) is 5.91 Å². The molecule has 1 N–H and O–H groups in total. The summed E-state index contributed by atoms with van der Waals surface area (Å²) < 4.78 is 0. The summed E-state index contributed by atoms with van der Waals surface area (Å²) >= 11 is 0. The molecule has 2 aromatic carbocycles. The van der Waals surface area contributed by atoms with Gasteiger partial charge in [0, 0.05) is 12.5 Å². The number of rotatable bonds is 1. The summed E-state index contributed by atoms with van der Waals surface area (Å²) in [6.45, 7) is 1.35. The van der Waals surface area contributed by atoms with Crippen LogP contribution in [-0.2, 0) is 11.2 Å². The molecule has 18 heavy (non-hydrogen) atoms. The van der Waals surface area contributed by atoms with Gasteiger partial charge in [-0.25, -0.2) is 0 Å². The number of hydrogen-bond donors (Lipinski definition) is 1. The van der Waals surface area contributed by atoms with Gasteiger partial charge in [-0.15, -0.1) is 0 Å². The zero-order valence-corrected chi connectivity index (χ0v) is 10.1. The van der Waals surface area contributed by atoms with Crippen LogP contribution in [-0.4, -0.2) is 11.1 Å². The summed E-state index contributed by atoms with van der Waals surface area (Å²) in [5.41, 5.74) is 5.00. The Bertz CT molecular complexity index is 634. The minimum Gasteiger partial charge on any atom is -0.281 e. The topological polar surface area (TPSA) is 40.5 Å². The average Bonchev–Trinajstić information content (AvgIpc) is 2.76. The van der Waals surface area contributed by atoms with Crippen molar-refractivity contribution in [3.05, 3.63) is 53.6 Å². The van der Waals surface area contributed by atoms with Crippen molar-refractivity contribution in [3.63, 3.8) is 0 Å². The van der Waals surface area contributed by atoms with Crippen LogP contribution < -0.4 is 5.06 Å². The lowest BCUT2D eigenvalue weighted by Gasteiger charge is -2.17. The molecule has 0 bridgehead atoms. The van der Waals surface area contributed by atoms with Crippen LogP contribution in [0, 0.1) is 0 Å². The minimum atomic E-state index is -0.382. The van der Waals surface area contributed by atoms with E-state index in [1.807, 2.05) is 30.3 Å². The highest BCUT2D eigenvalue weighted by Gasteiger charge is 2.24. The Morgan fingerprint density at radius 1 is 1.11 bits per heavy atom. The van der Waals surface area contributed by atoms with E-state index < -0.39 is 0 Å². The van der Waals surface area contributed by atoms with Crippen molar-refractivity contribution in [1.29, 1.82) is 0 Å². The predicted molar refractivity (Wildman–Crippen MR) is 69.6 cm³/mol. The number of carbonyl (C=O) groups is 1. The second-order valence-corrected chi connectivity index (χ2v) is 4.48. The molecule has 0 aromatic heterocycles. The van der Waals surface area contributed by atoms with E-state index in [4.69, 9.17) is 0 Å². The molecule has 0 spiro atoms. The Kier molecular flexibility index (Phi) is 2.42. The van der Waals surface area contributed by atoms with E-state index in [1.165, 1.54) is 12.5 Å². The van der Waals surface area contributed by atoms with Crippen molar-refractivity contribution < 1.29 is 10.0 Å². The molecule has 0 unspecified atom stereocenters. The number of hydroxylamine groups is 1. The maximum atomic E-state index is 11.3. The first-order chi connectivity index (χ1) is 8.68. The fourth-order valence-electron chi connectivity index (χ4n) is 2.51. The zero-order chi connectivity index (χ0) is 12.7. The van der Waals surface area contributed by atoms with Crippen molar-refractivity contribution >= 4 is 11.6 Å². The smallest absolute Gasteiger partial charge is 0.247 e. The second kappa shape index (κ2) is 3.96. The number of fused-ring (bicyclic) bond motifs is 3. The molecule has 3 rings (SSSR count). The third kappa shape index (κ3) is 1.52. The van der Waals surface area contributed by atoms with Gasteiger partial charge in [-0.2, -0.15) is 5.06 Å². The van der Waals surface area contributed by atoms with Crippen LogP contribution in [0.25, 0.3) is 11.1 Å². The molecular weight excluding hydrogens is 226 g/mol. The molecule has 0 aliphatic heterocycles. The number of carbonyl (C=O) groups excluding carboxylic acids is 1. The molecule has 0 heterocycles. The third-order valence-electron chi connectivity index (χ3n) is 3.32. The summed E-state index contributed by atoms with van der Waals surface area (Å²) in [7, 11) is 0. The molecule has 0 radical (unpaired) electrons. The summed E-state index contributed by atoms with van der Waals surface area (Å²) in [5.74, 6) is -0.382. The molecule has 3 heteroatoms. The van der Waals surface area contributed by atoms with Crippen molar-refractivity contribution in [1.82, 2.24) is 0 Å². The molecule has 1 amide bonds. The van der Waals surface area contributed by atoms with Gasteiger partial charge in [0.2, 0.25) is 5.91 Å². The normalized spacial score (nSPS) is 11.9. The Hall–Kier alpha value is -2.13. The van der Waals surface area contributed by atoms with Gasteiger partial charge in [0.25, 0.3) is 0 Å². The van der Waals surface area contributed by atoms with Gasteiger partial charge in [0.1, 0.15) is 0 Å². The molecule has 0 saturated heterocycles. The van der Waals surface area contributed by atoms with Gasteiger partial charge in [-0.05, 0) is 29.2 Å². The number of benzene rings is 2. The van der Waals surface area contributed by atoms with Gasteiger partial charge in [0.05, 0.1) is 5.69 Å². The highest BCUT2D eigenvalue weighted by molar-refractivity contribution is 5.97. The predicted octanol–water partition coefficient (Wildman–Crippen LogP) is 3.00. The number of nitrogens with zero attached hydrogens (tertiary/aromatic N) is 1. The van der Waals surface area contributed by atoms with E-state index >= 15 is 0 Å². The largest absolute Gasteiger partial charge is 0.281 e. The monoisotopic (exact) mass is 239 g/mol. The van der Waals surface area contributed by atoms with E-state index in [0.717, 1.165) is 28.2 Å². The molecule has 2 aromatic rings. The number of anilines is 1. The van der Waals surface area contributed by atoms with Crippen LogP contribution in [0.4, 0.5) is 5.69 Å². The SMILES string of the molecule is CC(=O)N(O)c1cccc2c1-c1ccccc1C2. The van der Waals surface area contributed by atoms with E-state index in [1.54, 1.807) is 6.07 Å². The Balaban J connectivity index is 2.23. The van der Waals surface area contributed by atoms with Crippen LogP contribution in [0.2, 0.25) is 0 Å². The standard InChI is InChI=1S/C15H13NO2/c1-10(17)16(18)14-8-4-6-12-9-11-5-2-3-7-13(11)15(12)14/h2-8,18H,9H2,1H3. The number of hydrogen-bond acceptors (Lipinski definition) is 2. The first-order valence-corrected chi connectivity index (χ1v) is 5.88. The maximum absolute atomic E-state index is 11.3. The van der Waals surface area contributed by atoms with Crippen LogP contribution in [0.15, 0.2) is 42.5 Å². The number of amides is 1. The summed E-state index contributed by atoms with van der Waals surface area (Å²) in [5, 5.41) is 10.6. The highest BCUT2D eigenvalue weighted by Crippen LogP contribution is 2.42. The Labute approximate surface area is 105 Å². The quantitative estimate of drug-likeness (QED) is 0.524. The van der Waals surface area contributed by atoms with E-state index in [2.05, 4.69) is 6.07 Å². The molecule has 0 saturated carbocycles. The lowest BCUT2D eigenvalue weighted by atomic mass is 10.0. The van der Waals surface area contributed by atoms with Crippen LogP contribution in [0.5, 0.6) is 0 Å². The Morgan fingerprint density at radius 2 is 1.83 bits per heavy atom. The Morgan fingerprint density at radius 3 is 2.61 bits per heavy atom. The molecule has 1 aliphatic carbocycles.